The fourth-order valence-corrected chi connectivity index (χ4v) is 0.630. The van der Waals surface area contributed by atoms with Crippen LogP contribution in [0.25, 0.3) is 0 Å². The van der Waals surface area contributed by atoms with Gasteiger partial charge in [-0.25, -0.2) is 0 Å². The Morgan fingerprint density at radius 3 is 2.62 bits per heavy atom. The van der Waals surface area contributed by atoms with Crippen molar-refractivity contribution in [3.8, 4) is 0 Å². The van der Waals surface area contributed by atoms with Crippen molar-refractivity contribution in [2.24, 2.45) is 0 Å². The number of hydrogen-bond donors (Lipinski definition) is 0. The Labute approximate surface area is 52.6 Å². The van der Waals surface area contributed by atoms with Crippen molar-refractivity contribution in [1.82, 2.24) is 0 Å². The van der Waals surface area contributed by atoms with Crippen LogP contribution < -0.4 is 0 Å². The van der Waals surface area contributed by atoms with Crippen molar-refractivity contribution in [2.45, 2.75) is 32.6 Å². The lowest BCUT2D eigenvalue weighted by Gasteiger charge is -1.88. The van der Waals surface area contributed by atoms with Crippen molar-refractivity contribution in [1.29, 1.82) is 0 Å². The van der Waals surface area contributed by atoms with Gasteiger partial charge in [-0.05, 0) is 19.8 Å². The molecule has 0 aromatic heterocycles. The third kappa shape index (κ3) is 5.74. The molecule has 0 aromatic carbocycles. The lowest BCUT2D eigenvalue weighted by Crippen LogP contribution is -1.68. The Bertz CT molecular complexity index is 53.1. The molecule has 0 nitrogen and oxygen atoms in total. The van der Waals surface area contributed by atoms with Crippen LogP contribution in [-0.4, -0.2) is 0 Å². The first-order valence-corrected chi connectivity index (χ1v) is 3.36. The summed E-state index contributed by atoms with van der Waals surface area (Å²) in [5.41, 5.74) is 0. The van der Waals surface area contributed by atoms with Crippen LogP contribution in [0.15, 0.2) is 12.2 Å². The van der Waals surface area contributed by atoms with Gasteiger partial charge in [0.05, 0.1) is 0 Å². The van der Waals surface area contributed by atoms with Crippen LogP contribution in [0.5, 0.6) is 0 Å². The van der Waals surface area contributed by atoms with Gasteiger partial charge in [0.2, 0.25) is 0 Å². The summed E-state index contributed by atoms with van der Waals surface area (Å²) in [5, 5.41) is 0. The molecule has 0 aromatic rings. The molecule has 0 bridgehead atoms. The first-order valence-electron chi connectivity index (χ1n) is 3.36. The Morgan fingerprint density at radius 1 is 1.38 bits per heavy atom. The third-order valence-corrected chi connectivity index (χ3v) is 1.14. The minimum absolute atomic E-state index is 1.21. The highest BCUT2D eigenvalue weighted by Crippen LogP contribution is 1.98. The van der Waals surface area contributed by atoms with Gasteiger partial charge < -0.3 is 0 Å². The van der Waals surface area contributed by atoms with E-state index >= 15 is 0 Å². The van der Waals surface area contributed by atoms with E-state index in [1.807, 2.05) is 6.08 Å². The van der Waals surface area contributed by atoms with Gasteiger partial charge in [0.25, 0.3) is 0 Å². The molecule has 0 spiro atoms. The molecule has 1 radical (unpaired) electrons. The largest absolute Gasteiger partial charge is 0.0885 e. The average molecular weight is 111 g/mol. The molecule has 0 aliphatic carbocycles. The summed E-state index contributed by atoms with van der Waals surface area (Å²) in [6.07, 6.45) is 9.18. The molecule has 0 heteroatoms. The second-order valence-electron chi connectivity index (χ2n) is 1.97. The molecular formula is C8H15. The van der Waals surface area contributed by atoms with E-state index in [4.69, 9.17) is 0 Å². The number of hydrogen-bond acceptors (Lipinski definition) is 0. The second-order valence-corrected chi connectivity index (χ2v) is 1.97. The average Bonchev–Trinajstić information content (AvgIpc) is 1.81. The fraction of sp³-hybridized carbons (Fsp3) is 0.625. The topological polar surface area (TPSA) is 0 Å². The molecule has 0 aliphatic rings. The number of unbranched alkanes of at least 4 members (excludes halogenated alkanes) is 3. The minimum atomic E-state index is 1.21. The molecule has 0 heterocycles. The maximum absolute atomic E-state index is 3.60. The van der Waals surface area contributed by atoms with Crippen LogP contribution in [0.3, 0.4) is 0 Å². The van der Waals surface area contributed by atoms with E-state index in [-0.39, 0.29) is 0 Å². The highest BCUT2D eigenvalue weighted by molar-refractivity contribution is 4.83. The molecule has 47 valence electrons. The summed E-state index contributed by atoms with van der Waals surface area (Å²) in [5.74, 6) is 0. The monoisotopic (exact) mass is 111 g/mol. The Kier molecular flexibility index (Phi) is 6.52. The minimum Gasteiger partial charge on any atom is -0.0885 e. The lowest BCUT2D eigenvalue weighted by atomic mass is 10.2. The van der Waals surface area contributed by atoms with E-state index < -0.39 is 0 Å². The SMILES string of the molecule is [CH2]/C=C\CCCCC. The van der Waals surface area contributed by atoms with Crippen molar-refractivity contribution in [3.63, 3.8) is 0 Å². The Balaban J connectivity index is 2.72. The molecule has 8 heavy (non-hydrogen) atoms. The van der Waals surface area contributed by atoms with Gasteiger partial charge in [-0.2, -0.15) is 0 Å². The molecule has 0 saturated carbocycles. The highest BCUT2D eigenvalue weighted by Gasteiger charge is 1.78. The summed E-state index contributed by atoms with van der Waals surface area (Å²) >= 11 is 0. The number of rotatable bonds is 4. The van der Waals surface area contributed by atoms with Crippen LogP contribution in [0.2, 0.25) is 0 Å². The number of allylic oxidation sites excluding steroid dienone is 2. The predicted octanol–water partition coefficient (Wildman–Crippen LogP) is 2.96. The van der Waals surface area contributed by atoms with Gasteiger partial charge in [0.1, 0.15) is 0 Å². The van der Waals surface area contributed by atoms with Crippen LogP contribution in [0, 0.1) is 6.92 Å². The zero-order valence-corrected chi connectivity index (χ0v) is 5.69. The second kappa shape index (κ2) is 6.74. The van der Waals surface area contributed by atoms with Gasteiger partial charge in [-0.1, -0.05) is 31.9 Å². The zero-order valence-electron chi connectivity index (χ0n) is 5.69. The maximum atomic E-state index is 3.60. The lowest BCUT2D eigenvalue weighted by molar-refractivity contribution is 0.729. The van der Waals surface area contributed by atoms with Gasteiger partial charge in [-0.15, -0.1) is 0 Å². The molecule has 0 aliphatic heterocycles. The highest BCUT2D eigenvalue weighted by atomic mass is 13.8. The molecule has 0 unspecified atom stereocenters. The summed E-state index contributed by atoms with van der Waals surface area (Å²) in [6.45, 7) is 5.82. The quantitative estimate of drug-likeness (QED) is 0.489. The standard InChI is InChI=1S/C8H15/c1-3-5-7-8-6-4-2/h3,5H,1,4,6-8H2,2H3/b5-3-. The Morgan fingerprint density at radius 2 is 2.12 bits per heavy atom. The van der Waals surface area contributed by atoms with E-state index in [0.717, 1.165) is 0 Å². The van der Waals surface area contributed by atoms with Crippen molar-refractivity contribution < 1.29 is 0 Å². The van der Waals surface area contributed by atoms with E-state index in [9.17, 15) is 0 Å². The van der Waals surface area contributed by atoms with Gasteiger partial charge in [-0.3, -0.25) is 0 Å². The molecule has 0 amide bonds. The van der Waals surface area contributed by atoms with Gasteiger partial charge in [0, 0.05) is 0 Å². The van der Waals surface area contributed by atoms with Crippen molar-refractivity contribution in [2.75, 3.05) is 0 Å². The van der Waals surface area contributed by atoms with Crippen molar-refractivity contribution >= 4 is 0 Å². The van der Waals surface area contributed by atoms with Gasteiger partial charge >= 0.3 is 0 Å². The first-order chi connectivity index (χ1) is 3.91. The smallest absolute Gasteiger partial charge is 0.0316 e. The molecular weight excluding hydrogens is 96.1 g/mol. The Hall–Kier alpha value is -0.260. The first kappa shape index (κ1) is 7.74. The van der Waals surface area contributed by atoms with Gasteiger partial charge in [0.15, 0.2) is 0 Å². The fourth-order valence-electron chi connectivity index (χ4n) is 0.630. The van der Waals surface area contributed by atoms with E-state index in [2.05, 4.69) is 19.9 Å². The zero-order chi connectivity index (χ0) is 6.24. The summed E-state index contributed by atoms with van der Waals surface area (Å²) in [7, 11) is 0. The van der Waals surface area contributed by atoms with E-state index in [0.29, 0.717) is 0 Å². The molecule has 0 atom stereocenters. The van der Waals surface area contributed by atoms with Crippen molar-refractivity contribution in [3.05, 3.63) is 19.1 Å². The maximum Gasteiger partial charge on any atom is -0.0316 e. The molecule has 0 rings (SSSR count). The van der Waals surface area contributed by atoms with Crippen LogP contribution in [0.4, 0.5) is 0 Å². The van der Waals surface area contributed by atoms with Crippen LogP contribution in [-0.2, 0) is 0 Å². The molecule has 0 saturated heterocycles. The summed E-state index contributed by atoms with van der Waals surface area (Å²) < 4.78 is 0. The van der Waals surface area contributed by atoms with Crippen LogP contribution in [0.1, 0.15) is 32.6 Å². The van der Waals surface area contributed by atoms with E-state index in [1.165, 1.54) is 25.7 Å². The third-order valence-electron chi connectivity index (χ3n) is 1.14. The summed E-state index contributed by atoms with van der Waals surface area (Å²) in [4.78, 5) is 0. The van der Waals surface area contributed by atoms with Crippen LogP contribution >= 0.6 is 0 Å². The molecule has 0 N–H and O–H groups in total. The summed E-state index contributed by atoms with van der Waals surface area (Å²) in [6, 6.07) is 0. The predicted molar refractivity (Wildman–Crippen MR) is 38.6 cm³/mol. The van der Waals surface area contributed by atoms with E-state index in [1.54, 1.807) is 0 Å². The normalized spacial score (nSPS) is 10.8. The molecule has 0 fully saturated rings.